The predicted molar refractivity (Wildman–Crippen MR) is 72.2 cm³/mol. The summed E-state index contributed by atoms with van der Waals surface area (Å²) < 4.78 is 0. The number of benzene rings is 1. The van der Waals surface area contributed by atoms with Crippen LogP contribution in [0.1, 0.15) is 27.2 Å². The summed E-state index contributed by atoms with van der Waals surface area (Å²) in [6, 6.07) is 10.3. The van der Waals surface area contributed by atoms with Gasteiger partial charge >= 0.3 is 0 Å². The maximum Gasteiger partial charge on any atom is 0.239 e. The number of carbonyl (C=O) groups is 1. The number of amides is 1. The lowest BCUT2D eigenvalue weighted by molar-refractivity contribution is -0.120. The van der Waals surface area contributed by atoms with Crippen LogP contribution in [0.4, 0.5) is 5.69 Å². The summed E-state index contributed by atoms with van der Waals surface area (Å²) in [6.07, 6.45) is 0.962. The van der Waals surface area contributed by atoms with E-state index < -0.39 is 0 Å². The lowest BCUT2D eigenvalue weighted by Crippen LogP contribution is -2.40. The normalized spacial score (nSPS) is 11.9. The van der Waals surface area contributed by atoms with E-state index in [-0.39, 0.29) is 11.9 Å². The van der Waals surface area contributed by atoms with Crippen molar-refractivity contribution in [3.63, 3.8) is 0 Å². The van der Waals surface area contributed by atoms with E-state index in [1.165, 1.54) is 0 Å². The molecule has 94 valence electrons. The second-order valence-electron chi connectivity index (χ2n) is 4.23. The molecule has 1 aromatic rings. The van der Waals surface area contributed by atoms with Crippen LogP contribution >= 0.6 is 0 Å². The Labute approximate surface area is 104 Å². The van der Waals surface area contributed by atoms with Gasteiger partial charge in [-0.2, -0.15) is 0 Å². The Morgan fingerprint density at radius 2 is 1.94 bits per heavy atom. The lowest BCUT2D eigenvalue weighted by atomic mass is 10.2. The molecule has 1 unspecified atom stereocenters. The third-order valence-electron chi connectivity index (χ3n) is 2.86. The van der Waals surface area contributed by atoms with E-state index in [1.54, 1.807) is 0 Å². The van der Waals surface area contributed by atoms with E-state index in [0.29, 0.717) is 6.54 Å². The zero-order valence-electron chi connectivity index (χ0n) is 10.9. The van der Waals surface area contributed by atoms with Crippen molar-refractivity contribution in [3.8, 4) is 0 Å². The maximum atomic E-state index is 11.8. The number of para-hydroxylation sites is 1. The third-order valence-corrected chi connectivity index (χ3v) is 2.86. The van der Waals surface area contributed by atoms with E-state index in [0.717, 1.165) is 18.7 Å². The molecule has 1 N–H and O–H groups in total. The molecule has 0 heterocycles. The highest BCUT2D eigenvalue weighted by molar-refractivity contribution is 5.81. The Kier molecular flexibility index (Phi) is 5.53. The molecule has 0 aliphatic carbocycles. The Bertz CT molecular complexity index is 337. The summed E-state index contributed by atoms with van der Waals surface area (Å²) in [7, 11) is 0. The molecule has 0 radical (unpaired) electrons. The molecule has 0 spiro atoms. The molecule has 1 rings (SSSR count). The monoisotopic (exact) mass is 234 g/mol. The number of nitrogens with zero attached hydrogens (tertiary/aromatic N) is 1. The van der Waals surface area contributed by atoms with Crippen molar-refractivity contribution in [1.82, 2.24) is 5.32 Å². The van der Waals surface area contributed by atoms with Crippen LogP contribution in [0.2, 0.25) is 0 Å². The Balaban J connectivity index is 2.56. The smallest absolute Gasteiger partial charge is 0.239 e. The van der Waals surface area contributed by atoms with Gasteiger partial charge in [0, 0.05) is 18.3 Å². The van der Waals surface area contributed by atoms with E-state index in [4.69, 9.17) is 0 Å². The van der Waals surface area contributed by atoms with Crippen molar-refractivity contribution in [1.29, 1.82) is 0 Å². The fourth-order valence-corrected chi connectivity index (χ4v) is 1.62. The molecular weight excluding hydrogens is 212 g/mol. The molecule has 0 fully saturated rings. The molecule has 0 saturated carbocycles. The van der Waals surface area contributed by atoms with Crippen LogP contribution in [-0.2, 0) is 4.79 Å². The van der Waals surface area contributed by atoms with Crippen molar-refractivity contribution in [2.75, 3.05) is 18.0 Å². The average Bonchev–Trinajstić information content (AvgIpc) is 2.36. The molecule has 0 bridgehead atoms. The third kappa shape index (κ3) is 4.47. The summed E-state index contributed by atoms with van der Waals surface area (Å²) in [5, 5.41) is 2.98. The number of hydrogen-bond donors (Lipinski definition) is 1. The number of carbonyl (C=O) groups excluding carboxylic acids is 1. The van der Waals surface area contributed by atoms with Gasteiger partial charge in [0.25, 0.3) is 0 Å². The van der Waals surface area contributed by atoms with Gasteiger partial charge in [0.05, 0.1) is 6.54 Å². The van der Waals surface area contributed by atoms with E-state index in [9.17, 15) is 4.79 Å². The van der Waals surface area contributed by atoms with Gasteiger partial charge in [0.1, 0.15) is 0 Å². The van der Waals surface area contributed by atoms with Gasteiger partial charge in [-0.15, -0.1) is 0 Å². The van der Waals surface area contributed by atoms with Gasteiger partial charge in [-0.3, -0.25) is 4.79 Å². The Morgan fingerprint density at radius 1 is 1.29 bits per heavy atom. The molecule has 0 aliphatic heterocycles. The van der Waals surface area contributed by atoms with Crippen molar-refractivity contribution < 1.29 is 4.79 Å². The maximum absolute atomic E-state index is 11.8. The van der Waals surface area contributed by atoms with Gasteiger partial charge in [-0.1, -0.05) is 25.1 Å². The van der Waals surface area contributed by atoms with Crippen LogP contribution < -0.4 is 10.2 Å². The van der Waals surface area contributed by atoms with Gasteiger partial charge in [-0.25, -0.2) is 0 Å². The van der Waals surface area contributed by atoms with Crippen LogP contribution in [0, 0.1) is 0 Å². The van der Waals surface area contributed by atoms with Crippen LogP contribution in [0.5, 0.6) is 0 Å². The molecule has 0 aliphatic rings. The van der Waals surface area contributed by atoms with E-state index in [1.807, 2.05) is 37.3 Å². The summed E-state index contributed by atoms with van der Waals surface area (Å²) in [5.74, 6) is 0.0880. The molecule has 17 heavy (non-hydrogen) atoms. The summed E-state index contributed by atoms with van der Waals surface area (Å²) in [5.41, 5.74) is 1.09. The van der Waals surface area contributed by atoms with Crippen LogP contribution in [0.3, 0.4) is 0 Å². The fourth-order valence-electron chi connectivity index (χ4n) is 1.62. The van der Waals surface area contributed by atoms with Crippen LogP contribution in [0.25, 0.3) is 0 Å². The number of rotatable bonds is 6. The molecule has 3 nitrogen and oxygen atoms in total. The van der Waals surface area contributed by atoms with Crippen molar-refractivity contribution >= 4 is 11.6 Å². The second-order valence-corrected chi connectivity index (χ2v) is 4.23. The topological polar surface area (TPSA) is 32.3 Å². The highest BCUT2D eigenvalue weighted by Gasteiger charge is 2.10. The first kappa shape index (κ1) is 13.6. The van der Waals surface area contributed by atoms with E-state index in [2.05, 4.69) is 24.1 Å². The van der Waals surface area contributed by atoms with Gasteiger partial charge in [-0.05, 0) is 32.4 Å². The highest BCUT2D eigenvalue weighted by Crippen LogP contribution is 2.12. The second kappa shape index (κ2) is 6.94. The number of anilines is 1. The quantitative estimate of drug-likeness (QED) is 0.820. The molecular formula is C14H22N2O. The lowest BCUT2D eigenvalue weighted by Gasteiger charge is -2.23. The molecule has 0 saturated heterocycles. The Hall–Kier alpha value is -1.51. The Morgan fingerprint density at radius 3 is 2.47 bits per heavy atom. The van der Waals surface area contributed by atoms with Gasteiger partial charge in [0.15, 0.2) is 0 Å². The molecule has 1 atom stereocenters. The predicted octanol–water partition coefficient (Wildman–Crippen LogP) is 2.43. The van der Waals surface area contributed by atoms with Crippen molar-refractivity contribution in [2.24, 2.45) is 0 Å². The minimum absolute atomic E-state index is 0.0880. The molecule has 0 aromatic heterocycles. The first-order valence-electron chi connectivity index (χ1n) is 6.26. The zero-order chi connectivity index (χ0) is 12.7. The molecule has 1 amide bonds. The SMILES string of the molecule is CCC(C)NC(=O)CN(CC)c1ccccc1. The summed E-state index contributed by atoms with van der Waals surface area (Å²) >= 11 is 0. The molecule has 1 aromatic carbocycles. The van der Waals surface area contributed by atoms with Crippen LogP contribution in [-0.4, -0.2) is 25.0 Å². The van der Waals surface area contributed by atoms with E-state index >= 15 is 0 Å². The molecule has 3 heteroatoms. The first-order valence-corrected chi connectivity index (χ1v) is 6.26. The number of nitrogens with one attached hydrogen (secondary N) is 1. The standard InChI is InChI=1S/C14H22N2O/c1-4-12(3)15-14(17)11-16(5-2)13-9-7-6-8-10-13/h6-10,12H,4-5,11H2,1-3H3,(H,15,17). The average molecular weight is 234 g/mol. The first-order chi connectivity index (χ1) is 8.17. The minimum atomic E-state index is 0.0880. The summed E-state index contributed by atoms with van der Waals surface area (Å²) in [6.45, 7) is 7.41. The van der Waals surface area contributed by atoms with Gasteiger partial charge in [0.2, 0.25) is 5.91 Å². The minimum Gasteiger partial charge on any atom is -0.363 e. The van der Waals surface area contributed by atoms with Crippen molar-refractivity contribution in [2.45, 2.75) is 33.2 Å². The summed E-state index contributed by atoms with van der Waals surface area (Å²) in [4.78, 5) is 13.9. The van der Waals surface area contributed by atoms with Crippen LogP contribution in [0.15, 0.2) is 30.3 Å². The van der Waals surface area contributed by atoms with Gasteiger partial charge < -0.3 is 10.2 Å². The number of likely N-dealkylation sites (N-methyl/N-ethyl adjacent to an activating group) is 1. The van der Waals surface area contributed by atoms with Crippen molar-refractivity contribution in [3.05, 3.63) is 30.3 Å². The number of hydrogen-bond acceptors (Lipinski definition) is 2. The zero-order valence-corrected chi connectivity index (χ0v) is 10.9. The fraction of sp³-hybridized carbons (Fsp3) is 0.500. The highest BCUT2D eigenvalue weighted by atomic mass is 16.2. The largest absolute Gasteiger partial charge is 0.363 e.